The Morgan fingerprint density at radius 3 is 2.64 bits per heavy atom. The summed E-state index contributed by atoms with van der Waals surface area (Å²) < 4.78 is 15.6. The number of esters is 1. The topological polar surface area (TPSA) is 73.9 Å². The van der Waals surface area contributed by atoms with Gasteiger partial charge < -0.3 is 19.5 Å². The predicted molar refractivity (Wildman–Crippen MR) is 91.6 cm³/mol. The molecule has 1 amide bonds. The smallest absolute Gasteiger partial charge is 0.313 e. The molecule has 1 aliphatic rings. The quantitative estimate of drug-likeness (QED) is 0.817. The summed E-state index contributed by atoms with van der Waals surface area (Å²) in [6.07, 6.45) is 0.604. The Morgan fingerprint density at radius 2 is 1.88 bits per heavy atom. The van der Waals surface area contributed by atoms with Gasteiger partial charge in [0.05, 0.1) is 5.92 Å². The van der Waals surface area contributed by atoms with Crippen molar-refractivity contribution in [2.75, 3.05) is 18.7 Å². The number of ether oxygens (including phenoxy) is 3. The summed E-state index contributed by atoms with van der Waals surface area (Å²) in [5, 5.41) is 2.67. The van der Waals surface area contributed by atoms with E-state index < -0.39 is 11.9 Å². The maximum atomic E-state index is 12.2. The van der Waals surface area contributed by atoms with E-state index in [0.717, 1.165) is 5.56 Å². The lowest BCUT2D eigenvalue weighted by Gasteiger charge is -2.14. The van der Waals surface area contributed by atoms with Crippen LogP contribution < -0.4 is 14.8 Å². The summed E-state index contributed by atoms with van der Waals surface area (Å²) in [7, 11) is 0. The van der Waals surface area contributed by atoms with Gasteiger partial charge in [0.1, 0.15) is 0 Å². The minimum atomic E-state index is -0.408. The van der Waals surface area contributed by atoms with Gasteiger partial charge in [0.2, 0.25) is 6.79 Å². The number of carbonyl (C=O) groups excluding carboxylic acids is 2. The summed E-state index contributed by atoms with van der Waals surface area (Å²) in [6.45, 7) is 1.74. The van der Waals surface area contributed by atoms with E-state index in [-0.39, 0.29) is 19.3 Å². The van der Waals surface area contributed by atoms with Gasteiger partial charge in [-0.3, -0.25) is 9.59 Å². The third-order valence-electron chi connectivity index (χ3n) is 3.90. The van der Waals surface area contributed by atoms with E-state index in [9.17, 15) is 9.59 Å². The Hall–Kier alpha value is -3.02. The number of fused-ring (bicyclic) bond motifs is 1. The molecule has 130 valence electrons. The number of anilines is 1. The third-order valence-corrected chi connectivity index (χ3v) is 3.90. The summed E-state index contributed by atoms with van der Waals surface area (Å²) in [5.74, 6) is 0.0206. The Balaban J connectivity index is 1.54. The van der Waals surface area contributed by atoms with Gasteiger partial charge in [-0.15, -0.1) is 0 Å². The van der Waals surface area contributed by atoms with Gasteiger partial charge in [0.25, 0.3) is 5.91 Å². The SMILES string of the molecule is CCC(C(=O)OCC(=O)Nc1ccc2c(c1)OCO2)c1ccccc1. The number of hydrogen-bond acceptors (Lipinski definition) is 5. The molecule has 1 atom stereocenters. The van der Waals surface area contributed by atoms with Crippen LogP contribution in [0.25, 0.3) is 0 Å². The Morgan fingerprint density at radius 1 is 1.12 bits per heavy atom. The van der Waals surface area contributed by atoms with Crippen LogP contribution in [0.5, 0.6) is 11.5 Å². The minimum Gasteiger partial charge on any atom is -0.455 e. The molecule has 0 saturated carbocycles. The van der Waals surface area contributed by atoms with E-state index in [0.29, 0.717) is 23.6 Å². The fourth-order valence-corrected chi connectivity index (χ4v) is 2.63. The molecule has 0 aliphatic carbocycles. The lowest BCUT2D eigenvalue weighted by Crippen LogP contribution is -2.23. The number of carbonyl (C=O) groups is 2. The van der Waals surface area contributed by atoms with E-state index in [1.54, 1.807) is 18.2 Å². The highest BCUT2D eigenvalue weighted by Crippen LogP contribution is 2.34. The summed E-state index contributed by atoms with van der Waals surface area (Å²) >= 11 is 0. The van der Waals surface area contributed by atoms with Crippen LogP contribution in [0.4, 0.5) is 5.69 Å². The zero-order valence-corrected chi connectivity index (χ0v) is 13.9. The van der Waals surface area contributed by atoms with E-state index in [1.165, 1.54) is 0 Å². The molecule has 6 nitrogen and oxygen atoms in total. The first kappa shape index (κ1) is 16.8. The zero-order chi connectivity index (χ0) is 17.6. The highest BCUT2D eigenvalue weighted by molar-refractivity contribution is 5.93. The largest absolute Gasteiger partial charge is 0.455 e. The molecule has 2 aromatic carbocycles. The average Bonchev–Trinajstić information content (AvgIpc) is 3.09. The first-order chi connectivity index (χ1) is 12.2. The second-order valence-electron chi connectivity index (χ2n) is 5.60. The van der Waals surface area contributed by atoms with Crippen molar-refractivity contribution in [3.8, 4) is 11.5 Å². The summed E-state index contributed by atoms with van der Waals surface area (Å²) in [5.41, 5.74) is 1.44. The molecule has 0 aromatic heterocycles. The number of rotatable bonds is 6. The van der Waals surface area contributed by atoms with Gasteiger partial charge in [0, 0.05) is 11.8 Å². The fraction of sp³-hybridized carbons (Fsp3) is 0.263. The second kappa shape index (κ2) is 7.70. The lowest BCUT2D eigenvalue weighted by molar-refractivity contribution is -0.149. The molecule has 0 fully saturated rings. The molecule has 25 heavy (non-hydrogen) atoms. The van der Waals surface area contributed by atoms with Crippen LogP contribution in [0.2, 0.25) is 0 Å². The molecule has 2 aromatic rings. The number of amides is 1. The second-order valence-corrected chi connectivity index (χ2v) is 5.60. The molecule has 0 spiro atoms. The van der Waals surface area contributed by atoms with Crippen LogP contribution >= 0.6 is 0 Å². The van der Waals surface area contributed by atoms with Crippen LogP contribution in [0.3, 0.4) is 0 Å². The predicted octanol–water partition coefficient (Wildman–Crippen LogP) is 3.09. The molecule has 1 N–H and O–H groups in total. The fourth-order valence-electron chi connectivity index (χ4n) is 2.63. The van der Waals surface area contributed by atoms with Crippen LogP contribution in [0.15, 0.2) is 48.5 Å². The molecule has 3 rings (SSSR count). The van der Waals surface area contributed by atoms with Crippen LogP contribution in [0, 0.1) is 0 Å². The highest BCUT2D eigenvalue weighted by Gasteiger charge is 2.21. The number of benzene rings is 2. The first-order valence-corrected chi connectivity index (χ1v) is 8.08. The molecule has 0 bridgehead atoms. The molecule has 6 heteroatoms. The molecule has 0 saturated heterocycles. The average molecular weight is 341 g/mol. The molecule has 1 aliphatic heterocycles. The highest BCUT2D eigenvalue weighted by atomic mass is 16.7. The van der Waals surface area contributed by atoms with Gasteiger partial charge >= 0.3 is 5.97 Å². The number of nitrogens with one attached hydrogen (secondary N) is 1. The lowest BCUT2D eigenvalue weighted by atomic mass is 9.97. The van der Waals surface area contributed by atoms with E-state index >= 15 is 0 Å². The van der Waals surface area contributed by atoms with Gasteiger partial charge in [-0.2, -0.15) is 0 Å². The van der Waals surface area contributed by atoms with E-state index in [2.05, 4.69) is 5.32 Å². The molecular formula is C19H19NO5. The van der Waals surface area contributed by atoms with Crippen molar-refractivity contribution in [2.45, 2.75) is 19.3 Å². The van der Waals surface area contributed by atoms with Crippen molar-refractivity contribution in [1.82, 2.24) is 0 Å². The van der Waals surface area contributed by atoms with Gasteiger partial charge in [-0.1, -0.05) is 37.3 Å². The van der Waals surface area contributed by atoms with Crippen LogP contribution in [-0.4, -0.2) is 25.3 Å². The number of hydrogen-bond donors (Lipinski definition) is 1. The maximum Gasteiger partial charge on any atom is 0.313 e. The Bertz CT molecular complexity index is 760. The Labute approximate surface area is 145 Å². The molecule has 1 unspecified atom stereocenters. The van der Waals surface area contributed by atoms with Crippen LogP contribution in [0.1, 0.15) is 24.8 Å². The van der Waals surface area contributed by atoms with Crippen molar-refractivity contribution in [1.29, 1.82) is 0 Å². The molecule has 1 heterocycles. The molecular weight excluding hydrogens is 322 g/mol. The maximum absolute atomic E-state index is 12.2. The van der Waals surface area contributed by atoms with Crippen molar-refractivity contribution >= 4 is 17.6 Å². The minimum absolute atomic E-state index is 0.169. The van der Waals surface area contributed by atoms with Crippen molar-refractivity contribution < 1.29 is 23.8 Å². The van der Waals surface area contributed by atoms with Gasteiger partial charge in [0.15, 0.2) is 18.1 Å². The third kappa shape index (κ3) is 4.09. The van der Waals surface area contributed by atoms with Crippen molar-refractivity contribution in [2.24, 2.45) is 0 Å². The molecule has 0 radical (unpaired) electrons. The van der Waals surface area contributed by atoms with Gasteiger partial charge in [-0.05, 0) is 24.1 Å². The monoisotopic (exact) mass is 341 g/mol. The van der Waals surface area contributed by atoms with Gasteiger partial charge in [-0.25, -0.2) is 0 Å². The normalized spacial score (nSPS) is 13.2. The summed E-state index contributed by atoms with van der Waals surface area (Å²) in [6, 6.07) is 14.5. The van der Waals surface area contributed by atoms with Crippen molar-refractivity contribution in [3.63, 3.8) is 0 Å². The van der Waals surface area contributed by atoms with E-state index in [4.69, 9.17) is 14.2 Å². The van der Waals surface area contributed by atoms with E-state index in [1.807, 2.05) is 37.3 Å². The summed E-state index contributed by atoms with van der Waals surface area (Å²) in [4.78, 5) is 24.3. The standard InChI is InChI=1S/C19H19NO5/c1-2-15(13-6-4-3-5-7-13)19(22)23-11-18(21)20-14-8-9-16-17(10-14)25-12-24-16/h3-10,15H,2,11-12H2,1H3,(H,20,21). The Kier molecular flexibility index (Phi) is 5.18. The van der Waals surface area contributed by atoms with Crippen LogP contribution in [-0.2, 0) is 14.3 Å². The van der Waals surface area contributed by atoms with Crippen molar-refractivity contribution in [3.05, 3.63) is 54.1 Å². The zero-order valence-electron chi connectivity index (χ0n) is 13.9. The first-order valence-electron chi connectivity index (χ1n) is 8.08.